The van der Waals surface area contributed by atoms with Crippen LogP contribution in [0.15, 0.2) is 48.5 Å². The summed E-state index contributed by atoms with van der Waals surface area (Å²) in [6, 6.07) is 10.9. The SMILES string of the molecule is O=C(NNCc1cccc([N+](=O)[O-])c1)Oc1ccc([N+](=O)[O-])cc1. The summed E-state index contributed by atoms with van der Waals surface area (Å²) in [5, 5.41) is 21.2. The number of hydrogen-bond acceptors (Lipinski definition) is 7. The maximum atomic E-state index is 11.6. The molecule has 0 atom stereocenters. The highest BCUT2D eigenvalue weighted by Crippen LogP contribution is 2.17. The van der Waals surface area contributed by atoms with E-state index in [-0.39, 0.29) is 23.7 Å². The van der Waals surface area contributed by atoms with Crippen LogP contribution in [0.3, 0.4) is 0 Å². The molecular formula is C14H12N4O6. The zero-order valence-electron chi connectivity index (χ0n) is 12.2. The standard InChI is InChI=1S/C14H12N4O6/c19-14(24-13-6-4-11(5-7-13)17(20)21)16-15-9-10-2-1-3-12(8-10)18(22)23/h1-8,15H,9H2,(H,16,19). The van der Waals surface area contributed by atoms with E-state index in [0.29, 0.717) is 5.56 Å². The van der Waals surface area contributed by atoms with Crippen molar-refractivity contribution < 1.29 is 19.4 Å². The minimum Gasteiger partial charge on any atom is -0.409 e. The van der Waals surface area contributed by atoms with E-state index < -0.39 is 15.9 Å². The van der Waals surface area contributed by atoms with Gasteiger partial charge in [-0.1, -0.05) is 12.1 Å². The number of carbonyl (C=O) groups excluding carboxylic acids is 1. The molecule has 0 aromatic heterocycles. The van der Waals surface area contributed by atoms with Gasteiger partial charge in [0.2, 0.25) is 0 Å². The molecule has 0 aliphatic heterocycles. The molecule has 2 aromatic rings. The second-order valence-corrected chi connectivity index (χ2v) is 4.55. The largest absolute Gasteiger partial charge is 0.427 e. The van der Waals surface area contributed by atoms with E-state index in [0.717, 1.165) is 0 Å². The molecule has 10 heteroatoms. The Bertz CT molecular complexity index is 762. The van der Waals surface area contributed by atoms with Crippen LogP contribution in [-0.2, 0) is 6.54 Å². The van der Waals surface area contributed by atoms with Gasteiger partial charge < -0.3 is 4.74 Å². The maximum Gasteiger partial charge on any atom is 0.427 e. The van der Waals surface area contributed by atoms with E-state index in [1.54, 1.807) is 6.07 Å². The van der Waals surface area contributed by atoms with Crippen molar-refractivity contribution in [2.45, 2.75) is 6.54 Å². The molecule has 0 spiro atoms. The number of hydrogen-bond donors (Lipinski definition) is 2. The lowest BCUT2D eigenvalue weighted by atomic mass is 10.2. The monoisotopic (exact) mass is 332 g/mol. The van der Waals surface area contributed by atoms with Gasteiger partial charge in [0.15, 0.2) is 0 Å². The number of nitro benzene ring substituents is 2. The van der Waals surface area contributed by atoms with Gasteiger partial charge in [0.25, 0.3) is 11.4 Å². The number of nitrogens with one attached hydrogen (secondary N) is 2. The summed E-state index contributed by atoms with van der Waals surface area (Å²) in [5.41, 5.74) is 5.24. The van der Waals surface area contributed by atoms with E-state index in [1.807, 2.05) is 0 Å². The fraction of sp³-hybridized carbons (Fsp3) is 0.0714. The Morgan fingerprint density at radius 3 is 2.29 bits per heavy atom. The number of non-ortho nitro benzene ring substituents is 2. The van der Waals surface area contributed by atoms with Crippen LogP contribution in [-0.4, -0.2) is 15.9 Å². The van der Waals surface area contributed by atoms with Gasteiger partial charge in [-0.25, -0.2) is 10.2 Å². The number of ether oxygens (including phenoxy) is 1. The minimum atomic E-state index is -0.825. The Morgan fingerprint density at radius 2 is 1.67 bits per heavy atom. The molecule has 24 heavy (non-hydrogen) atoms. The first-order valence-corrected chi connectivity index (χ1v) is 6.64. The van der Waals surface area contributed by atoms with E-state index in [9.17, 15) is 25.0 Å². The first-order chi connectivity index (χ1) is 11.5. The molecule has 1 amide bonds. The van der Waals surface area contributed by atoms with E-state index >= 15 is 0 Å². The van der Waals surface area contributed by atoms with E-state index in [1.165, 1.54) is 42.5 Å². The maximum absolute atomic E-state index is 11.6. The number of amides is 1. The fourth-order valence-corrected chi connectivity index (χ4v) is 1.77. The Balaban J connectivity index is 1.82. The van der Waals surface area contributed by atoms with Crippen molar-refractivity contribution in [1.82, 2.24) is 10.9 Å². The highest BCUT2D eigenvalue weighted by atomic mass is 16.6. The highest BCUT2D eigenvalue weighted by Gasteiger charge is 2.08. The summed E-state index contributed by atoms with van der Waals surface area (Å²) < 4.78 is 4.91. The third-order valence-corrected chi connectivity index (χ3v) is 2.86. The van der Waals surface area contributed by atoms with Crippen LogP contribution >= 0.6 is 0 Å². The molecule has 0 saturated carbocycles. The zero-order valence-corrected chi connectivity index (χ0v) is 12.2. The fourth-order valence-electron chi connectivity index (χ4n) is 1.77. The van der Waals surface area contributed by atoms with Crippen molar-refractivity contribution in [3.05, 3.63) is 74.3 Å². The molecule has 0 unspecified atom stereocenters. The molecule has 0 heterocycles. The Kier molecular flexibility index (Phi) is 5.36. The third kappa shape index (κ3) is 4.74. The lowest BCUT2D eigenvalue weighted by Gasteiger charge is -2.08. The lowest BCUT2D eigenvalue weighted by molar-refractivity contribution is -0.385. The number of hydrazine groups is 1. The topological polar surface area (TPSA) is 137 Å². The number of carbonyl (C=O) groups is 1. The molecule has 0 fully saturated rings. The average molecular weight is 332 g/mol. The van der Waals surface area contributed by atoms with Crippen molar-refractivity contribution in [2.24, 2.45) is 0 Å². The second kappa shape index (κ2) is 7.65. The molecule has 2 aromatic carbocycles. The summed E-state index contributed by atoms with van der Waals surface area (Å²) in [5.74, 6) is 0.134. The van der Waals surface area contributed by atoms with Crippen LogP contribution in [0.2, 0.25) is 0 Å². The molecule has 0 aliphatic rings. The Morgan fingerprint density at radius 1 is 1.00 bits per heavy atom. The molecule has 10 nitrogen and oxygen atoms in total. The molecule has 0 bridgehead atoms. The van der Waals surface area contributed by atoms with Crippen LogP contribution in [0.25, 0.3) is 0 Å². The van der Waals surface area contributed by atoms with E-state index in [2.05, 4.69) is 10.9 Å². The van der Waals surface area contributed by atoms with Crippen LogP contribution in [0.1, 0.15) is 5.56 Å². The van der Waals surface area contributed by atoms with Crippen molar-refractivity contribution in [3.8, 4) is 5.75 Å². The summed E-state index contributed by atoms with van der Waals surface area (Å²) >= 11 is 0. The first-order valence-electron chi connectivity index (χ1n) is 6.64. The molecular weight excluding hydrogens is 320 g/mol. The van der Waals surface area contributed by atoms with Crippen LogP contribution < -0.4 is 15.6 Å². The summed E-state index contributed by atoms with van der Waals surface area (Å²) in [7, 11) is 0. The molecule has 0 saturated heterocycles. The van der Waals surface area contributed by atoms with Crippen LogP contribution in [0.4, 0.5) is 16.2 Å². The Hall–Kier alpha value is -3.53. The van der Waals surface area contributed by atoms with Crippen molar-refractivity contribution in [2.75, 3.05) is 0 Å². The van der Waals surface area contributed by atoms with Gasteiger partial charge in [0, 0.05) is 30.8 Å². The van der Waals surface area contributed by atoms with Crippen molar-refractivity contribution in [1.29, 1.82) is 0 Å². The number of benzene rings is 2. The Labute approximate surface area is 135 Å². The first kappa shape index (κ1) is 16.8. The predicted molar refractivity (Wildman–Crippen MR) is 82.2 cm³/mol. The summed E-state index contributed by atoms with van der Waals surface area (Å²) in [6.45, 7) is 0.150. The second-order valence-electron chi connectivity index (χ2n) is 4.55. The predicted octanol–water partition coefficient (Wildman–Crippen LogP) is 2.30. The summed E-state index contributed by atoms with van der Waals surface area (Å²) in [4.78, 5) is 31.6. The van der Waals surface area contributed by atoms with Crippen LogP contribution in [0, 0.1) is 20.2 Å². The lowest BCUT2D eigenvalue weighted by Crippen LogP contribution is -2.38. The molecule has 2 rings (SSSR count). The normalized spacial score (nSPS) is 10.0. The number of nitro groups is 2. The van der Waals surface area contributed by atoms with Gasteiger partial charge in [-0.05, 0) is 17.7 Å². The van der Waals surface area contributed by atoms with Gasteiger partial charge in [0.05, 0.1) is 9.85 Å². The summed E-state index contributed by atoms with van der Waals surface area (Å²) in [6.07, 6.45) is -0.825. The number of rotatable bonds is 6. The molecule has 124 valence electrons. The molecule has 0 radical (unpaired) electrons. The van der Waals surface area contributed by atoms with Gasteiger partial charge >= 0.3 is 6.09 Å². The van der Waals surface area contributed by atoms with Gasteiger partial charge in [-0.2, -0.15) is 0 Å². The quantitative estimate of drug-likeness (QED) is 0.611. The van der Waals surface area contributed by atoms with Crippen molar-refractivity contribution in [3.63, 3.8) is 0 Å². The van der Waals surface area contributed by atoms with E-state index in [4.69, 9.17) is 4.74 Å². The van der Waals surface area contributed by atoms with Crippen LogP contribution in [0.5, 0.6) is 5.75 Å². The van der Waals surface area contributed by atoms with Gasteiger partial charge in [-0.15, -0.1) is 0 Å². The molecule has 2 N–H and O–H groups in total. The molecule has 0 aliphatic carbocycles. The van der Waals surface area contributed by atoms with Gasteiger partial charge in [0.1, 0.15) is 5.75 Å². The third-order valence-electron chi connectivity index (χ3n) is 2.86. The number of nitrogens with zero attached hydrogens (tertiary/aromatic N) is 2. The van der Waals surface area contributed by atoms with Gasteiger partial charge in [-0.3, -0.25) is 25.7 Å². The highest BCUT2D eigenvalue weighted by molar-refractivity contribution is 5.69. The average Bonchev–Trinajstić information content (AvgIpc) is 2.55. The van der Waals surface area contributed by atoms with Crippen molar-refractivity contribution >= 4 is 17.5 Å². The smallest absolute Gasteiger partial charge is 0.409 e. The minimum absolute atomic E-state index is 0.0530. The zero-order chi connectivity index (χ0) is 17.5.